The van der Waals surface area contributed by atoms with E-state index in [4.69, 9.17) is 11.6 Å². The first-order valence-electron chi connectivity index (χ1n) is 5.53. The molecule has 11 heteroatoms. The summed E-state index contributed by atoms with van der Waals surface area (Å²) in [4.78, 5) is 25.5. The van der Waals surface area contributed by atoms with Crippen LogP contribution in [-0.4, -0.2) is 45.5 Å². The Morgan fingerprint density at radius 3 is 2.67 bits per heavy atom. The largest absolute Gasteiger partial charge is 0.379 e. The molecular weight excluding hydrogens is 314 g/mol. The second-order valence-corrected chi connectivity index (χ2v) is 5.02. The molecule has 0 aromatic carbocycles. The van der Waals surface area contributed by atoms with Gasteiger partial charge in [-0.05, 0) is 0 Å². The lowest BCUT2D eigenvalue weighted by molar-refractivity contribution is -0.384. The number of β-amino-alcohol motifs (C(OH)–C–C–N with tert-alkyl or cyclic N) is 1. The van der Waals surface area contributed by atoms with Gasteiger partial charge in [-0.15, -0.1) is 0 Å². The fourth-order valence-corrected chi connectivity index (χ4v) is 2.11. The summed E-state index contributed by atoms with van der Waals surface area (Å²) in [5, 5.41) is 20.6. The zero-order valence-electron chi connectivity index (χ0n) is 10.3. The Kier molecular flexibility index (Phi) is 3.46. The number of halogens is 3. The highest BCUT2D eigenvalue weighted by Crippen LogP contribution is 2.41. The molecule has 0 aliphatic carbocycles. The molecule has 0 spiro atoms. The molecule has 2 heterocycles. The van der Waals surface area contributed by atoms with Crippen LogP contribution in [0.3, 0.4) is 0 Å². The Hall–Kier alpha value is -2.07. The molecule has 0 saturated carbocycles. The Morgan fingerprint density at radius 1 is 1.62 bits per heavy atom. The third-order valence-corrected chi connectivity index (χ3v) is 3.32. The first kappa shape index (κ1) is 15.3. The van der Waals surface area contributed by atoms with Crippen LogP contribution in [0.5, 0.6) is 0 Å². The Labute approximate surface area is 121 Å². The van der Waals surface area contributed by atoms with Gasteiger partial charge in [0.1, 0.15) is 0 Å². The average molecular weight is 323 g/mol. The molecule has 0 bridgehead atoms. The van der Waals surface area contributed by atoms with Crippen LogP contribution in [0.4, 0.5) is 20.3 Å². The van der Waals surface area contributed by atoms with E-state index < -0.39 is 41.1 Å². The molecular formula is C10H9ClF2N4O4. The molecule has 0 radical (unpaired) electrons. The summed E-state index contributed by atoms with van der Waals surface area (Å²) in [5.41, 5.74) is 1.36. The van der Waals surface area contributed by atoms with E-state index in [1.807, 2.05) is 0 Å². The van der Waals surface area contributed by atoms with Gasteiger partial charge >= 0.3 is 11.6 Å². The van der Waals surface area contributed by atoms with Crippen molar-refractivity contribution in [2.75, 3.05) is 18.0 Å². The lowest BCUT2D eigenvalue weighted by Gasteiger charge is -2.48. The fourth-order valence-electron chi connectivity index (χ4n) is 1.96. The summed E-state index contributed by atoms with van der Waals surface area (Å²) < 4.78 is 26.9. The normalized spacial score (nSPS) is 17.2. The summed E-state index contributed by atoms with van der Waals surface area (Å²) in [6.07, 6.45) is 1.10. The molecule has 2 rings (SSSR count). The van der Waals surface area contributed by atoms with Crippen molar-refractivity contribution in [3.05, 3.63) is 27.4 Å². The predicted octanol–water partition coefficient (Wildman–Crippen LogP) is 0.315. The van der Waals surface area contributed by atoms with E-state index in [0.29, 0.717) is 0 Å². The fraction of sp³-hybridized carbons (Fsp3) is 0.400. The number of anilines is 1. The van der Waals surface area contributed by atoms with E-state index in [1.54, 1.807) is 0 Å². The molecule has 0 unspecified atom stereocenters. The molecule has 114 valence electrons. The summed E-state index contributed by atoms with van der Waals surface area (Å²) >= 11 is 5.58. The van der Waals surface area contributed by atoms with Crippen LogP contribution in [0.1, 0.15) is 0 Å². The van der Waals surface area contributed by atoms with Crippen LogP contribution in [0.2, 0.25) is 5.02 Å². The number of amides is 1. The van der Waals surface area contributed by atoms with Crippen molar-refractivity contribution in [2.45, 2.75) is 11.5 Å². The standard InChI is InChI=1S/C10H9ClF2N4O4/c11-5-1-6(17(20)21)7(15-2-5)16-3-9(19,4-16)10(12,13)8(14)18/h1-2,19H,3-4H2,(H2,14,18). The van der Waals surface area contributed by atoms with Crippen molar-refractivity contribution in [1.29, 1.82) is 0 Å². The molecule has 1 saturated heterocycles. The number of nitrogens with two attached hydrogens (primary N) is 1. The van der Waals surface area contributed by atoms with Gasteiger partial charge in [-0.2, -0.15) is 8.78 Å². The van der Waals surface area contributed by atoms with Crippen LogP contribution < -0.4 is 10.6 Å². The monoisotopic (exact) mass is 322 g/mol. The van der Waals surface area contributed by atoms with E-state index >= 15 is 0 Å². The first-order chi connectivity index (χ1) is 9.58. The minimum atomic E-state index is -4.15. The van der Waals surface area contributed by atoms with Crippen molar-refractivity contribution >= 4 is 29.0 Å². The van der Waals surface area contributed by atoms with E-state index in [2.05, 4.69) is 10.7 Å². The Balaban J connectivity index is 2.26. The number of nitrogens with zero attached hydrogens (tertiary/aromatic N) is 3. The number of alkyl halides is 2. The SMILES string of the molecule is NC(=O)C(F)(F)C1(O)CN(c2ncc(Cl)cc2[N+](=O)[O-])C1. The summed E-state index contributed by atoms with van der Waals surface area (Å²) in [7, 11) is 0. The van der Waals surface area contributed by atoms with Gasteiger partial charge in [0.25, 0.3) is 5.91 Å². The van der Waals surface area contributed by atoms with E-state index in [1.165, 1.54) is 0 Å². The molecule has 0 atom stereocenters. The van der Waals surface area contributed by atoms with Gasteiger partial charge in [0.15, 0.2) is 5.60 Å². The number of nitro groups is 1. The smallest absolute Gasteiger partial charge is 0.355 e. The molecule has 3 N–H and O–H groups in total. The number of hydrogen-bond acceptors (Lipinski definition) is 6. The van der Waals surface area contributed by atoms with Crippen molar-refractivity contribution in [2.24, 2.45) is 5.73 Å². The summed E-state index contributed by atoms with van der Waals surface area (Å²) in [5.74, 6) is -6.34. The maximum absolute atomic E-state index is 13.5. The highest BCUT2D eigenvalue weighted by Gasteiger charge is 2.64. The number of primary amides is 1. The zero-order chi connectivity index (χ0) is 16.0. The second kappa shape index (κ2) is 4.74. The van der Waals surface area contributed by atoms with Crippen LogP contribution >= 0.6 is 11.6 Å². The molecule has 8 nitrogen and oxygen atoms in total. The van der Waals surface area contributed by atoms with Crippen LogP contribution in [0.15, 0.2) is 12.3 Å². The van der Waals surface area contributed by atoms with Crippen molar-refractivity contribution in [1.82, 2.24) is 4.98 Å². The number of aliphatic hydroxyl groups is 1. The number of hydrogen-bond donors (Lipinski definition) is 2. The third-order valence-electron chi connectivity index (χ3n) is 3.11. The third kappa shape index (κ3) is 2.36. The lowest BCUT2D eigenvalue weighted by Crippen LogP contribution is -2.73. The topological polar surface area (TPSA) is 123 Å². The molecule has 1 aliphatic rings. The van der Waals surface area contributed by atoms with Crippen LogP contribution in [0.25, 0.3) is 0 Å². The second-order valence-electron chi connectivity index (χ2n) is 4.58. The van der Waals surface area contributed by atoms with Gasteiger partial charge in [-0.25, -0.2) is 4.98 Å². The Bertz CT molecular complexity index is 621. The summed E-state index contributed by atoms with van der Waals surface area (Å²) in [6.45, 7) is -1.45. The van der Waals surface area contributed by atoms with E-state index in [0.717, 1.165) is 17.2 Å². The minimum Gasteiger partial charge on any atom is -0.379 e. The molecule has 1 amide bonds. The number of rotatable bonds is 4. The maximum Gasteiger partial charge on any atom is 0.355 e. The summed E-state index contributed by atoms with van der Waals surface area (Å²) in [6, 6.07) is 1.01. The quantitative estimate of drug-likeness (QED) is 0.607. The zero-order valence-corrected chi connectivity index (χ0v) is 11.0. The molecule has 1 aromatic heterocycles. The number of carbonyl (C=O) groups is 1. The van der Waals surface area contributed by atoms with Crippen molar-refractivity contribution in [3.8, 4) is 0 Å². The number of carbonyl (C=O) groups excluding carboxylic acids is 1. The van der Waals surface area contributed by atoms with Gasteiger partial charge in [-0.1, -0.05) is 11.6 Å². The van der Waals surface area contributed by atoms with Crippen molar-refractivity contribution < 1.29 is 23.6 Å². The van der Waals surface area contributed by atoms with E-state index in [-0.39, 0.29) is 10.8 Å². The highest BCUT2D eigenvalue weighted by atomic mass is 35.5. The molecule has 1 fully saturated rings. The van der Waals surface area contributed by atoms with Gasteiger partial charge in [0.2, 0.25) is 5.82 Å². The van der Waals surface area contributed by atoms with Gasteiger partial charge in [0.05, 0.1) is 23.0 Å². The predicted molar refractivity (Wildman–Crippen MR) is 67.2 cm³/mol. The Morgan fingerprint density at radius 2 is 2.19 bits per heavy atom. The van der Waals surface area contributed by atoms with Gasteiger partial charge in [0, 0.05) is 12.3 Å². The van der Waals surface area contributed by atoms with Gasteiger partial charge < -0.3 is 15.7 Å². The molecule has 21 heavy (non-hydrogen) atoms. The van der Waals surface area contributed by atoms with Crippen molar-refractivity contribution in [3.63, 3.8) is 0 Å². The molecule has 1 aliphatic heterocycles. The molecule has 1 aromatic rings. The number of aromatic nitrogens is 1. The lowest BCUT2D eigenvalue weighted by atomic mass is 9.86. The first-order valence-corrected chi connectivity index (χ1v) is 5.91. The average Bonchev–Trinajstić information content (AvgIpc) is 2.34. The van der Waals surface area contributed by atoms with Gasteiger partial charge in [-0.3, -0.25) is 14.9 Å². The maximum atomic E-state index is 13.5. The van der Waals surface area contributed by atoms with Crippen LogP contribution in [-0.2, 0) is 4.79 Å². The minimum absolute atomic E-state index is 0.00343. The number of pyridine rings is 1. The van der Waals surface area contributed by atoms with E-state index in [9.17, 15) is 28.8 Å². The highest BCUT2D eigenvalue weighted by molar-refractivity contribution is 6.30. The van der Waals surface area contributed by atoms with Crippen LogP contribution in [0, 0.1) is 10.1 Å².